The van der Waals surface area contributed by atoms with Crippen LogP contribution in [0.2, 0.25) is 0 Å². The molecule has 2 aromatic heterocycles. The minimum atomic E-state index is -0.425. The highest BCUT2D eigenvalue weighted by atomic mass is 19.1. The largest absolute Gasteiger partial charge is 0.508 e. The molecule has 2 heterocycles. The number of amides is 1. The van der Waals surface area contributed by atoms with Gasteiger partial charge in [-0.25, -0.2) is 9.37 Å². The third kappa shape index (κ3) is 4.59. The topological polar surface area (TPSA) is 86.6 Å². The van der Waals surface area contributed by atoms with Gasteiger partial charge in [0.25, 0.3) is 5.91 Å². The van der Waals surface area contributed by atoms with E-state index >= 15 is 0 Å². The van der Waals surface area contributed by atoms with Crippen LogP contribution in [0.4, 0.5) is 10.1 Å². The molecule has 5 aromatic rings. The fourth-order valence-corrected chi connectivity index (χ4v) is 4.15. The summed E-state index contributed by atoms with van der Waals surface area (Å²) in [5.41, 5.74) is 4.70. The van der Waals surface area contributed by atoms with Crippen LogP contribution in [0.25, 0.3) is 22.2 Å². The summed E-state index contributed by atoms with van der Waals surface area (Å²) in [4.78, 5) is 23.9. The van der Waals surface area contributed by atoms with Gasteiger partial charge in [0.2, 0.25) is 0 Å². The molecule has 6 nitrogen and oxygen atoms in total. The Morgan fingerprint density at radius 3 is 2.50 bits per heavy atom. The number of aromatic nitrogens is 2. The lowest BCUT2D eigenvalue weighted by Crippen LogP contribution is -2.30. The molecule has 7 heteroatoms. The number of rotatable bonds is 5. The Morgan fingerprint density at radius 1 is 0.972 bits per heavy atom. The molecule has 0 fully saturated rings. The molecule has 0 aliphatic heterocycles. The number of nitrogens with zero attached hydrogens (tertiary/aromatic N) is 3. The molecular formula is C29H22FN3O3. The van der Waals surface area contributed by atoms with E-state index in [1.807, 2.05) is 43.3 Å². The second-order valence-electron chi connectivity index (χ2n) is 8.49. The third-order valence-corrected chi connectivity index (χ3v) is 5.94. The molecule has 0 saturated carbocycles. The molecule has 5 rings (SSSR count). The van der Waals surface area contributed by atoms with Gasteiger partial charge in [-0.15, -0.1) is 0 Å². The van der Waals surface area contributed by atoms with E-state index in [0.717, 1.165) is 33.8 Å². The van der Waals surface area contributed by atoms with Crippen molar-refractivity contribution in [1.82, 2.24) is 9.97 Å². The lowest BCUT2D eigenvalue weighted by Gasteiger charge is -2.24. The molecule has 3 aromatic carbocycles. The molecule has 0 bridgehead atoms. The van der Waals surface area contributed by atoms with E-state index < -0.39 is 5.91 Å². The predicted molar refractivity (Wildman–Crippen MR) is 136 cm³/mol. The van der Waals surface area contributed by atoms with Crippen molar-refractivity contribution in [3.05, 3.63) is 114 Å². The highest BCUT2D eigenvalue weighted by Crippen LogP contribution is 2.30. The van der Waals surface area contributed by atoms with Gasteiger partial charge in [0.15, 0.2) is 0 Å². The van der Waals surface area contributed by atoms with Gasteiger partial charge in [-0.05, 0) is 72.6 Å². The maximum atomic E-state index is 13.6. The Morgan fingerprint density at radius 2 is 1.78 bits per heavy atom. The fourth-order valence-electron chi connectivity index (χ4n) is 4.15. The molecule has 178 valence electrons. The standard InChI is InChI=1S/C29H22FN3O3/c1-18-13-21-14-22(30)6-11-26(21)32-28(18)20-4-7-23(8-5-20)33(17-19-3-2-12-31-16-19)29(36)25-10-9-24(34)15-27(25)35/h2-16,34-35H,17H2,1H3. The van der Waals surface area contributed by atoms with Crippen LogP contribution in [0, 0.1) is 12.7 Å². The van der Waals surface area contributed by atoms with Crippen molar-refractivity contribution in [3.8, 4) is 22.8 Å². The van der Waals surface area contributed by atoms with E-state index in [9.17, 15) is 19.4 Å². The minimum Gasteiger partial charge on any atom is -0.508 e. The summed E-state index contributed by atoms with van der Waals surface area (Å²) < 4.78 is 13.6. The van der Waals surface area contributed by atoms with Crippen molar-refractivity contribution in [2.24, 2.45) is 0 Å². The van der Waals surface area contributed by atoms with Crippen molar-refractivity contribution in [2.45, 2.75) is 13.5 Å². The first-order valence-corrected chi connectivity index (χ1v) is 11.3. The van der Waals surface area contributed by atoms with E-state index in [2.05, 4.69) is 4.98 Å². The number of fused-ring (bicyclic) bond motifs is 1. The number of benzene rings is 3. The molecule has 0 saturated heterocycles. The number of anilines is 1. The van der Waals surface area contributed by atoms with E-state index in [-0.39, 0.29) is 29.4 Å². The van der Waals surface area contributed by atoms with Crippen molar-refractivity contribution in [2.75, 3.05) is 4.90 Å². The predicted octanol–water partition coefficient (Wildman–Crippen LogP) is 6.00. The van der Waals surface area contributed by atoms with Crippen LogP contribution in [0.15, 0.2) is 91.3 Å². The van der Waals surface area contributed by atoms with Gasteiger partial charge >= 0.3 is 0 Å². The first-order chi connectivity index (χ1) is 17.4. The maximum Gasteiger partial charge on any atom is 0.262 e. The number of halogens is 1. The first kappa shape index (κ1) is 23.0. The first-order valence-electron chi connectivity index (χ1n) is 11.3. The number of carbonyl (C=O) groups is 1. The number of carbonyl (C=O) groups excluding carboxylic acids is 1. The van der Waals surface area contributed by atoms with Crippen molar-refractivity contribution >= 4 is 22.5 Å². The molecule has 0 spiro atoms. The average Bonchev–Trinajstić information content (AvgIpc) is 2.87. The SMILES string of the molecule is Cc1cc2cc(F)ccc2nc1-c1ccc(N(Cc2cccnc2)C(=O)c2ccc(O)cc2O)cc1. The van der Waals surface area contributed by atoms with E-state index in [4.69, 9.17) is 4.98 Å². The zero-order valence-electron chi connectivity index (χ0n) is 19.4. The summed E-state index contributed by atoms with van der Waals surface area (Å²) in [7, 11) is 0. The lowest BCUT2D eigenvalue weighted by molar-refractivity contribution is 0.0982. The highest BCUT2D eigenvalue weighted by molar-refractivity contribution is 6.08. The molecule has 0 aliphatic carbocycles. The Hall–Kier alpha value is -4.78. The van der Waals surface area contributed by atoms with Gasteiger partial charge in [0.1, 0.15) is 17.3 Å². The van der Waals surface area contributed by atoms with Crippen LogP contribution in [0.1, 0.15) is 21.5 Å². The normalized spacial score (nSPS) is 10.9. The van der Waals surface area contributed by atoms with Crippen LogP contribution in [-0.2, 0) is 6.54 Å². The number of aromatic hydroxyl groups is 2. The molecular weight excluding hydrogens is 457 g/mol. The van der Waals surface area contributed by atoms with Crippen LogP contribution < -0.4 is 4.90 Å². The van der Waals surface area contributed by atoms with E-state index in [1.54, 1.807) is 24.5 Å². The average molecular weight is 480 g/mol. The second kappa shape index (κ2) is 9.46. The van der Waals surface area contributed by atoms with Crippen molar-refractivity contribution < 1.29 is 19.4 Å². The number of hydrogen-bond acceptors (Lipinski definition) is 5. The summed E-state index contributed by atoms with van der Waals surface area (Å²) in [5.74, 6) is -1.17. The Labute approximate surface area is 206 Å². The van der Waals surface area contributed by atoms with Crippen LogP contribution in [-0.4, -0.2) is 26.1 Å². The highest BCUT2D eigenvalue weighted by Gasteiger charge is 2.22. The smallest absolute Gasteiger partial charge is 0.262 e. The van der Waals surface area contributed by atoms with E-state index in [0.29, 0.717) is 11.2 Å². The van der Waals surface area contributed by atoms with Gasteiger partial charge in [0, 0.05) is 35.1 Å². The van der Waals surface area contributed by atoms with Crippen LogP contribution >= 0.6 is 0 Å². The second-order valence-corrected chi connectivity index (χ2v) is 8.49. The van der Waals surface area contributed by atoms with Crippen molar-refractivity contribution in [1.29, 1.82) is 0 Å². The Bertz CT molecular complexity index is 1570. The van der Waals surface area contributed by atoms with E-state index in [1.165, 1.54) is 29.2 Å². The monoisotopic (exact) mass is 479 g/mol. The van der Waals surface area contributed by atoms with Gasteiger partial charge in [-0.3, -0.25) is 9.78 Å². The molecule has 36 heavy (non-hydrogen) atoms. The van der Waals surface area contributed by atoms with Gasteiger partial charge in [-0.2, -0.15) is 0 Å². The number of pyridine rings is 2. The lowest BCUT2D eigenvalue weighted by atomic mass is 10.0. The number of phenolic OH excluding ortho intramolecular Hbond substituents is 2. The zero-order chi connectivity index (χ0) is 25.2. The van der Waals surface area contributed by atoms with Crippen molar-refractivity contribution in [3.63, 3.8) is 0 Å². The molecule has 0 atom stereocenters. The Balaban J connectivity index is 1.52. The number of hydrogen-bond donors (Lipinski definition) is 2. The van der Waals surface area contributed by atoms with Gasteiger partial charge in [-0.1, -0.05) is 18.2 Å². The number of phenols is 2. The quantitative estimate of drug-likeness (QED) is 0.323. The van der Waals surface area contributed by atoms with Crippen LogP contribution in [0.5, 0.6) is 11.5 Å². The van der Waals surface area contributed by atoms with Gasteiger partial charge in [0.05, 0.1) is 23.3 Å². The fraction of sp³-hybridized carbons (Fsp3) is 0.0690. The number of aryl methyl sites for hydroxylation is 1. The maximum absolute atomic E-state index is 13.6. The third-order valence-electron chi connectivity index (χ3n) is 5.94. The Kier molecular flexibility index (Phi) is 6.04. The molecule has 0 unspecified atom stereocenters. The molecule has 1 amide bonds. The molecule has 0 radical (unpaired) electrons. The summed E-state index contributed by atoms with van der Waals surface area (Å²) in [6, 6.07) is 21.3. The summed E-state index contributed by atoms with van der Waals surface area (Å²) in [6.07, 6.45) is 3.33. The summed E-state index contributed by atoms with van der Waals surface area (Å²) in [5, 5.41) is 20.7. The van der Waals surface area contributed by atoms with Gasteiger partial charge < -0.3 is 15.1 Å². The summed E-state index contributed by atoms with van der Waals surface area (Å²) >= 11 is 0. The van der Waals surface area contributed by atoms with Crippen LogP contribution in [0.3, 0.4) is 0 Å². The molecule has 0 aliphatic rings. The zero-order valence-corrected chi connectivity index (χ0v) is 19.4. The minimum absolute atomic E-state index is 0.0695. The summed E-state index contributed by atoms with van der Waals surface area (Å²) in [6.45, 7) is 2.15. The molecule has 2 N–H and O–H groups in total.